The van der Waals surface area contributed by atoms with E-state index in [1.807, 2.05) is 38.2 Å². The number of aryl methyl sites for hydroxylation is 2. The lowest BCUT2D eigenvalue weighted by Crippen LogP contribution is -1.94. The number of aromatic nitrogens is 3. The Balaban J connectivity index is 1.96. The second kappa shape index (κ2) is 4.66. The lowest BCUT2D eigenvalue weighted by Gasteiger charge is -2.09. The van der Waals surface area contributed by atoms with Crippen molar-refractivity contribution in [1.29, 1.82) is 0 Å². The van der Waals surface area contributed by atoms with Crippen molar-refractivity contribution in [1.82, 2.24) is 14.6 Å². The normalized spacial score (nSPS) is 10.9. The van der Waals surface area contributed by atoms with Gasteiger partial charge in [0.15, 0.2) is 5.65 Å². The van der Waals surface area contributed by atoms with Gasteiger partial charge in [-0.2, -0.15) is 10.1 Å². The Labute approximate surface area is 119 Å². The van der Waals surface area contributed by atoms with Gasteiger partial charge in [0.1, 0.15) is 5.75 Å². The van der Waals surface area contributed by atoms with Crippen LogP contribution in [0.5, 0.6) is 11.6 Å². The molecule has 1 aromatic carbocycles. The fourth-order valence-electron chi connectivity index (χ4n) is 1.94. The Morgan fingerprint density at radius 3 is 2.63 bits per heavy atom. The van der Waals surface area contributed by atoms with E-state index in [4.69, 9.17) is 4.74 Å². The van der Waals surface area contributed by atoms with Crippen molar-refractivity contribution in [3.8, 4) is 11.6 Å². The van der Waals surface area contributed by atoms with E-state index in [9.17, 15) is 0 Å². The minimum absolute atomic E-state index is 0.564. The van der Waals surface area contributed by atoms with Crippen LogP contribution in [0.15, 0.2) is 41.1 Å². The molecule has 0 N–H and O–H groups in total. The first-order valence-corrected chi connectivity index (χ1v) is 6.68. The summed E-state index contributed by atoms with van der Waals surface area (Å²) >= 11 is 3.54. The average molecular weight is 318 g/mol. The van der Waals surface area contributed by atoms with Crippen LogP contribution in [0.2, 0.25) is 0 Å². The van der Waals surface area contributed by atoms with Gasteiger partial charge in [0.05, 0.1) is 6.20 Å². The number of rotatable bonds is 2. The van der Waals surface area contributed by atoms with Crippen molar-refractivity contribution in [2.45, 2.75) is 13.8 Å². The van der Waals surface area contributed by atoms with Crippen LogP contribution in [0.4, 0.5) is 0 Å². The van der Waals surface area contributed by atoms with Crippen LogP contribution in [-0.2, 0) is 0 Å². The summed E-state index contributed by atoms with van der Waals surface area (Å²) in [7, 11) is 0. The molecule has 19 heavy (non-hydrogen) atoms. The molecule has 0 radical (unpaired) electrons. The molecular weight excluding hydrogens is 306 g/mol. The number of halogens is 1. The lowest BCUT2D eigenvalue weighted by molar-refractivity contribution is 0.462. The Morgan fingerprint density at radius 2 is 1.89 bits per heavy atom. The third-order valence-corrected chi connectivity index (χ3v) is 4.12. The van der Waals surface area contributed by atoms with E-state index in [0.717, 1.165) is 27.0 Å². The summed E-state index contributed by atoms with van der Waals surface area (Å²) in [6.45, 7) is 4.08. The van der Waals surface area contributed by atoms with Gasteiger partial charge in [0.2, 0.25) is 5.88 Å². The van der Waals surface area contributed by atoms with Crippen LogP contribution < -0.4 is 4.74 Å². The van der Waals surface area contributed by atoms with Crippen LogP contribution in [0.3, 0.4) is 0 Å². The molecule has 2 aromatic heterocycles. The van der Waals surface area contributed by atoms with Gasteiger partial charge in [0.25, 0.3) is 0 Å². The van der Waals surface area contributed by atoms with Crippen molar-refractivity contribution in [2.24, 2.45) is 0 Å². The second-order valence-electron chi connectivity index (χ2n) is 4.37. The van der Waals surface area contributed by atoms with Gasteiger partial charge in [-0.05, 0) is 37.1 Å². The van der Waals surface area contributed by atoms with Gasteiger partial charge in [-0.15, -0.1) is 0 Å². The highest BCUT2D eigenvalue weighted by Gasteiger charge is 2.06. The van der Waals surface area contributed by atoms with Crippen LogP contribution >= 0.6 is 15.9 Å². The molecule has 4 nitrogen and oxygen atoms in total. The highest BCUT2D eigenvalue weighted by atomic mass is 79.9. The van der Waals surface area contributed by atoms with E-state index in [0.29, 0.717) is 5.88 Å². The van der Waals surface area contributed by atoms with E-state index in [1.54, 1.807) is 16.8 Å². The minimum atomic E-state index is 0.564. The quantitative estimate of drug-likeness (QED) is 0.719. The molecule has 0 saturated carbocycles. The van der Waals surface area contributed by atoms with Gasteiger partial charge in [0, 0.05) is 22.8 Å². The molecule has 0 aliphatic carbocycles. The number of hydrogen-bond donors (Lipinski definition) is 0. The van der Waals surface area contributed by atoms with E-state index >= 15 is 0 Å². The van der Waals surface area contributed by atoms with Crippen molar-refractivity contribution < 1.29 is 4.74 Å². The maximum absolute atomic E-state index is 5.80. The Bertz CT molecular complexity index is 728. The van der Waals surface area contributed by atoms with Gasteiger partial charge in [-0.1, -0.05) is 15.9 Å². The largest absolute Gasteiger partial charge is 0.439 e. The first kappa shape index (κ1) is 12.2. The van der Waals surface area contributed by atoms with Crippen LogP contribution in [0.1, 0.15) is 11.1 Å². The maximum Gasteiger partial charge on any atom is 0.222 e. The van der Waals surface area contributed by atoms with Crippen molar-refractivity contribution in [3.05, 3.63) is 52.3 Å². The molecular formula is C14H12BrN3O. The monoisotopic (exact) mass is 317 g/mol. The Hall–Kier alpha value is -1.88. The smallest absolute Gasteiger partial charge is 0.222 e. The molecule has 5 heteroatoms. The molecule has 0 atom stereocenters. The Kier molecular flexibility index (Phi) is 2.98. The number of fused-ring (bicyclic) bond motifs is 1. The molecule has 0 saturated heterocycles. The maximum atomic E-state index is 5.80. The minimum Gasteiger partial charge on any atom is -0.439 e. The standard InChI is InChI=1S/C14H12BrN3O/c1-9-7-11(8-10(2)14(9)15)19-13-4-6-18-12(17-13)3-5-16-18/h3-8H,1-2H3. The molecule has 0 aliphatic rings. The van der Waals surface area contributed by atoms with Crippen molar-refractivity contribution in [3.63, 3.8) is 0 Å². The highest BCUT2D eigenvalue weighted by Crippen LogP contribution is 2.28. The molecule has 2 heterocycles. The lowest BCUT2D eigenvalue weighted by atomic mass is 10.1. The van der Waals surface area contributed by atoms with Gasteiger partial charge >= 0.3 is 0 Å². The molecule has 0 aliphatic heterocycles. The highest BCUT2D eigenvalue weighted by molar-refractivity contribution is 9.10. The van der Waals surface area contributed by atoms with Gasteiger partial charge < -0.3 is 4.74 Å². The first-order chi connectivity index (χ1) is 9.13. The molecule has 0 unspecified atom stereocenters. The first-order valence-electron chi connectivity index (χ1n) is 5.88. The predicted molar refractivity (Wildman–Crippen MR) is 76.7 cm³/mol. The summed E-state index contributed by atoms with van der Waals surface area (Å²) in [6, 6.07) is 7.61. The Morgan fingerprint density at radius 1 is 1.16 bits per heavy atom. The second-order valence-corrected chi connectivity index (χ2v) is 5.17. The number of hydrogen-bond acceptors (Lipinski definition) is 3. The summed E-state index contributed by atoms with van der Waals surface area (Å²) in [5.74, 6) is 1.35. The van der Waals surface area contributed by atoms with E-state index in [-0.39, 0.29) is 0 Å². The SMILES string of the molecule is Cc1cc(Oc2ccn3nccc3n2)cc(C)c1Br. The number of ether oxygens (including phenoxy) is 1. The topological polar surface area (TPSA) is 39.4 Å². The van der Waals surface area contributed by atoms with E-state index in [1.165, 1.54) is 0 Å². The molecule has 0 fully saturated rings. The fourth-order valence-corrected chi connectivity index (χ4v) is 2.17. The van der Waals surface area contributed by atoms with Gasteiger partial charge in [-0.3, -0.25) is 0 Å². The van der Waals surface area contributed by atoms with Crippen molar-refractivity contribution >= 4 is 21.6 Å². The molecule has 3 aromatic rings. The molecule has 0 spiro atoms. The summed E-state index contributed by atoms with van der Waals surface area (Å²) in [6.07, 6.45) is 3.54. The predicted octanol–water partition coefficient (Wildman–Crippen LogP) is 3.90. The number of benzene rings is 1. The third-order valence-electron chi connectivity index (χ3n) is 2.86. The van der Waals surface area contributed by atoms with Crippen LogP contribution in [0.25, 0.3) is 5.65 Å². The average Bonchev–Trinajstić information content (AvgIpc) is 2.83. The van der Waals surface area contributed by atoms with E-state index in [2.05, 4.69) is 26.0 Å². The summed E-state index contributed by atoms with van der Waals surface area (Å²) in [5, 5.41) is 4.10. The van der Waals surface area contributed by atoms with E-state index < -0.39 is 0 Å². The summed E-state index contributed by atoms with van der Waals surface area (Å²) in [5.41, 5.74) is 3.05. The zero-order valence-corrected chi connectivity index (χ0v) is 12.2. The molecule has 0 bridgehead atoms. The summed E-state index contributed by atoms with van der Waals surface area (Å²) < 4.78 is 8.61. The summed E-state index contributed by atoms with van der Waals surface area (Å²) in [4.78, 5) is 4.38. The molecule has 3 rings (SSSR count). The third kappa shape index (κ3) is 2.33. The number of nitrogens with zero attached hydrogens (tertiary/aromatic N) is 3. The molecule has 96 valence electrons. The van der Waals surface area contributed by atoms with Crippen LogP contribution in [0, 0.1) is 13.8 Å². The zero-order valence-electron chi connectivity index (χ0n) is 10.6. The van der Waals surface area contributed by atoms with Crippen LogP contribution in [-0.4, -0.2) is 14.6 Å². The molecule has 0 amide bonds. The fraction of sp³-hybridized carbons (Fsp3) is 0.143. The van der Waals surface area contributed by atoms with Gasteiger partial charge in [-0.25, -0.2) is 4.52 Å². The zero-order chi connectivity index (χ0) is 13.4. The van der Waals surface area contributed by atoms with Crippen molar-refractivity contribution in [2.75, 3.05) is 0 Å².